The van der Waals surface area contributed by atoms with Crippen LogP contribution in [0.25, 0.3) is 0 Å². The summed E-state index contributed by atoms with van der Waals surface area (Å²) >= 11 is 5.92. The second-order valence-corrected chi connectivity index (χ2v) is 4.88. The fourth-order valence-corrected chi connectivity index (χ4v) is 2.03. The molecule has 0 aliphatic heterocycles. The van der Waals surface area contributed by atoms with Crippen LogP contribution in [0.5, 0.6) is 5.75 Å². The highest BCUT2D eigenvalue weighted by Gasteiger charge is 2.19. The monoisotopic (exact) mass is 295 g/mol. The summed E-state index contributed by atoms with van der Waals surface area (Å²) in [5.74, 6) is 1.70. The average Bonchev–Trinajstić information content (AvgIpc) is 2.90. The van der Waals surface area contributed by atoms with E-state index in [0.29, 0.717) is 22.6 Å². The molecule has 6 heteroatoms. The molecule has 0 aliphatic carbocycles. The van der Waals surface area contributed by atoms with E-state index >= 15 is 0 Å². The van der Waals surface area contributed by atoms with Gasteiger partial charge in [0.25, 0.3) is 5.89 Å². The summed E-state index contributed by atoms with van der Waals surface area (Å²) in [5, 5.41) is 11.8. The first-order chi connectivity index (χ1) is 9.63. The summed E-state index contributed by atoms with van der Waals surface area (Å²) in [6.45, 7) is 3.91. The van der Waals surface area contributed by atoms with Crippen molar-refractivity contribution in [2.45, 2.75) is 32.4 Å². The van der Waals surface area contributed by atoms with Crippen LogP contribution in [-0.4, -0.2) is 17.2 Å². The van der Waals surface area contributed by atoms with Gasteiger partial charge in [0.15, 0.2) is 6.10 Å². The first-order valence-electron chi connectivity index (χ1n) is 6.56. The molecule has 0 aliphatic rings. The Bertz CT molecular complexity index is 555. The third-order valence-electron chi connectivity index (χ3n) is 2.97. The maximum absolute atomic E-state index is 5.92. The van der Waals surface area contributed by atoms with E-state index in [0.717, 1.165) is 6.42 Å². The van der Waals surface area contributed by atoms with Gasteiger partial charge in [-0.2, -0.15) is 0 Å². The molecule has 2 atom stereocenters. The third kappa shape index (κ3) is 3.49. The van der Waals surface area contributed by atoms with E-state index in [1.54, 1.807) is 12.1 Å². The van der Waals surface area contributed by atoms with Gasteiger partial charge in [0.1, 0.15) is 5.75 Å². The SMILES string of the molecule is CCC(NC)c1nnc(C(C)Oc2cccc(Cl)c2)o1. The standard InChI is InChI=1S/C14H18ClN3O2/c1-4-12(16-3)14-18-17-13(20-14)9(2)19-11-7-5-6-10(15)8-11/h5-9,12,16H,4H2,1-3H3. The molecular formula is C14H18ClN3O2. The number of hydrogen-bond donors (Lipinski definition) is 1. The molecule has 0 amide bonds. The molecule has 2 rings (SSSR count). The fraction of sp³-hybridized carbons (Fsp3) is 0.429. The molecule has 0 radical (unpaired) electrons. The van der Waals surface area contributed by atoms with E-state index in [-0.39, 0.29) is 12.1 Å². The highest BCUT2D eigenvalue weighted by atomic mass is 35.5. The zero-order valence-corrected chi connectivity index (χ0v) is 12.5. The summed E-state index contributed by atoms with van der Waals surface area (Å²) in [6.07, 6.45) is 0.547. The molecule has 1 aromatic carbocycles. The first-order valence-corrected chi connectivity index (χ1v) is 6.94. The van der Waals surface area contributed by atoms with Crippen molar-refractivity contribution >= 4 is 11.6 Å². The Kier molecular flexibility index (Phi) is 4.98. The Morgan fingerprint density at radius 3 is 2.75 bits per heavy atom. The first kappa shape index (κ1) is 14.8. The number of halogens is 1. The third-order valence-corrected chi connectivity index (χ3v) is 3.20. The van der Waals surface area contributed by atoms with Gasteiger partial charge in [-0.05, 0) is 38.6 Å². The second-order valence-electron chi connectivity index (χ2n) is 4.45. The predicted octanol–water partition coefficient (Wildman–Crippen LogP) is 3.53. The van der Waals surface area contributed by atoms with Crippen molar-refractivity contribution < 1.29 is 9.15 Å². The lowest BCUT2D eigenvalue weighted by Crippen LogP contribution is -2.15. The van der Waals surface area contributed by atoms with Crippen LogP contribution < -0.4 is 10.1 Å². The van der Waals surface area contributed by atoms with Crippen LogP contribution in [-0.2, 0) is 0 Å². The van der Waals surface area contributed by atoms with Gasteiger partial charge in [-0.15, -0.1) is 10.2 Å². The van der Waals surface area contributed by atoms with Crippen molar-refractivity contribution in [1.82, 2.24) is 15.5 Å². The normalized spacial score (nSPS) is 14.0. The van der Waals surface area contributed by atoms with E-state index < -0.39 is 0 Å². The molecule has 20 heavy (non-hydrogen) atoms. The van der Waals surface area contributed by atoms with Gasteiger partial charge in [0.2, 0.25) is 5.89 Å². The zero-order chi connectivity index (χ0) is 14.5. The Balaban J connectivity index is 2.08. The molecule has 1 N–H and O–H groups in total. The second kappa shape index (κ2) is 6.72. The van der Waals surface area contributed by atoms with Crippen LogP contribution in [0.4, 0.5) is 0 Å². The maximum Gasteiger partial charge on any atom is 0.256 e. The van der Waals surface area contributed by atoms with Gasteiger partial charge >= 0.3 is 0 Å². The Labute approximate surface area is 123 Å². The zero-order valence-electron chi connectivity index (χ0n) is 11.8. The number of benzene rings is 1. The predicted molar refractivity (Wildman–Crippen MR) is 76.9 cm³/mol. The van der Waals surface area contributed by atoms with Crippen LogP contribution >= 0.6 is 11.6 Å². The molecule has 0 saturated heterocycles. The number of ether oxygens (including phenoxy) is 1. The van der Waals surface area contributed by atoms with Crippen molar-refractivity contribution in [3.05, 3.63) is 41.1 Å². The van der Waals surface area contributed by atoms with Crippen LogP contribution in [0.1, 0.15) is 44.2 Å². The summed E-state index contributed by atoms with van der Waals surface area (Å²) < 4.78 is 11.4. The molecule has 1 aromatic heterocycles. The van der Waals surface area contributed by atoms with E-state index in [1.165, 1.54) is 0 Å². The molecule has 0 saturated carbocycles. The molecular weight excluding hydrogens is 278 g/mol. The Hall–Kier alpha value is -1.59. The van der Waals surface area contributed by atoms with Crippen molar-refractivity contribution in [2.24, 2.45) is 0 Å². The summed E-state index contributed by atoms with van der Waals surface area (Å²) in [6, 6.07) is 7.27. The van der Waals surface area contributed by atoms with Crippen LogP contribution in [0.15, 0.2) is 28.7 Å². The number of aromatic nitrogens is 2. The molecule has 1 heterocycles. The fourth-order valence-electron chi connectivity index (χ4n) is 1.85. The minimum atomic E-state index is -0.330. The highest BCUT2D eigenvalue weighted by molar-refractivity contribution is 6.30. The summed E-state index contributed by atoms with van der Waals surface area (Å²) in [4.78, 5) is 0. The topological polar surface area (TPSA) is 60.2 Å². The molecule has 0 bridgehead atoms. The average molecular weight is 296 g/mol. The Morgan fingerprint density at radius 1 is 1.35 bits per heavy atom. The van der Waals surface area contributed by atoms with Gasteiger partial charge in [-0.1, -0.05) is 24.6 Å². The smallest absolute Gasteiger partial charge is 0.256 e. The summed E-state index contributed by atoms with van der Waals surface area (Å²) in [5.41, 5.74) is 0. The largest absolute Gasteiger partial charge is 0.481 e. The number of rotatable bonds is 6. The van der Waals surface area contributed by atoms with Gasteiger partial charge in [0.05, 0.1) is 6.04 Å². The van der Waals surface area contributed by atoms with Crippen molar-refractivity contribution in [2.75, 3.05) is 7.05 Å². The molecule has 2 aromatic rings. The van der Waals surface area contributed by atoms with Gasteiger partial charge in [-0.25, -0.2) is 0 Å². The lowest BCUT2D eigenvalue weighted by Gasteiger charge is -2.11. The van der Waals surface area contributed by atoms with Crippen LogP contribution in [0.3, 0.4) is 0 Å². The minimum absolute atomic E-state index is 0.0645. The van der Waals surface area contributed by atoms with Crippen molar-refractivity contribution in [1.29, 1.82) is 0 Å². The van der Waals surface area contributed by atoms with E-state index in [2.05, 4.69) is 22.4 Å². The van der Waals surface area contributed by atoms with Crippen LogP contribution in [0.2, 0.25) is 5.02 Å². The van der Waals surface area contributed by atoms with E-state index in [9.17, 15) is 0 Å². The Morgan fingerprint density at radius 2 is 2.10 bits per heavy atom. The highest BCUT2D eigenvalue weighted by Crippen LogP contribution is 2.24. The van der Waals surface area contributed by atoms with E-state index in [1.807, 2.05) is 26.1 Å². The van der Waals surface area contributed by atoms with E-state index in [4.69, 9.17) is 20.8 Å². The number of nitrogens with zero attached hydrogens (tertiary/aromatic N) is 2. The molecule has 0 fully saturated rings. The quantitative estimate of drug-likeness (QED) is 0.883. The van der Waals surface area contributed by atoms with Gasteiger partial charge < -0.3 is 14.5 Å². The number of hydrogen-bond acceptors (Lipinski definition) is 5. The molecule has 5 nitrogen and oxygen atoms in total. The van der Waals surface area contributed by atoms with Gasteiger partial charge in [-0.3, -0.25) is 0 Å². The lowest BCUT2D eigenvalue weighted by molar-refractivity contribution is 0.184. The molecule has 2 unspecified atom stereocenters. The number of nitrogens with one attached hydrogen (secondary N) is 1. The molecule has 108 valence electrons. The van der Waals surface area contributed by atoms with Gasteiger partial charge in [0, 0.05) is 5.02 Å². The molecule has 0 spiro atoms. The maximum atomic E-state index is 5.92. The van der Waals surface area contributed by atoms with Crippen molar-refractivity contribution in [3.8, 4) is 5.75 Å². The minimum Gasteiger partial charge on any atom is -0.481 e. The van der Waals surface area contributed by atoms with Crippen LogP contribution in [0, 0.1) is 0 Å². The van der Waals surface area contributed by atoms with Crippen molar-refractivity contribution in [3.63, 3.8) is 0 Å². The lowest BCUT2D eigenvalue weighted by atomic mass is 10.2. The summed E-state index contributed by atoms with van der Waals surface area (Å²) in [7, 11) is 1.87.